The minimum atomic E-state index is -0.471. The highest BCUT2D eigenvalue weighted by Crippen LogP contribution is 2.22. The van der Waals surface area contributed by atoms with Crippen LogP contribution in [-0.2, 0) is 4.74 Å². The standard InChI is InChI=1S/C20H24N2O4/c1-4-25-19(23)16-10-5-6-11-17(16)22-20(24)21-12-13-26-18-14(2)8-7-9-15(18)3/h5-11H,4,12-13H2,1-3H3,(H2,21,22,24). The molecule has 0 heterocycles. The Labute approximate surface area is 153 Å². The van der Waals surface area contributed by atoms with Crippen LogP contribution in [0.3, 0.4) is 0 Å². The van der Waals surface area contributed by atoms with Crippen LogP contribution in [0.25, 0.3) is 0 Å². The van der Waals surface area contributed by atoms with Crippen LogP contribution in [-0.4, -0.2) is 31.8 Å². The summed E-state index contributed by atoms with van der Waals surface area (Å²) in [5.74, 6) is 0.365. The molecule has 0 fully saturated rings. The molecular formula is C20H24N2O4. The van der Waals surface area contributed by atoms with Crippen molar-refractivity contribution in [2.45, 2.75) is 20.8 Å². The molecule has 6 nitrogen and oxygen atoms in total. The van der Waals surface area contributed by atoms with Gasteiger partial charge in [-0.2, -0.15) is 0 Å². The lowest BCUT2D eigenvalue weighted by Gasteiger charge is -2.13. The molecule has 0 radical (unpaired) electrons. The molecule has 0 aliphatic carbocycles. The number of ether oxygens (including phenoxy) is 2. The molecule has 0 bridgehead atoms. The molecule has 0 aliphatic heterocycles. The summed E-state index contributed by atoms with van der Waals surface area (Å²) in [6.45, 7) is 6.65. The van der Waals surface area contributed by atoms with Gasteiger partial charge in [-0.25, -0.2) is 9.59 Å². The third-order valence-corrected chi connectivity index (χ3v) is 3.71. The second-order valence-electron chi connectivity index (χ2n) is 5.72. The van der Waals surface area contributed by atoms with E-state index >= 15 is 0 Å². The van der Waals surface area contributed by atoms with E-state index in [0.29, 0.717) is 24.4 Å². The monoisotopic (exact) mass is 356 g/mol. The highest BCUT2D eigenvalue weighted by Gasteiger charge is 2.13. The molecule has 2 rings (SSSR count). The van der Waals surface area contributed by atoms with E-state index in [1.165, 1.54) is 0 Å². The van der Waals surface area contributed by atoms with Crippen molar-refractivity contribution in [3.05, 3.63) is 59.2 Å². The molecule has 2 aromatic carbocycles. The normalized spacial score (nSPS) is 10.1. The largest absolute Gasteiger partial charge is 0.491 e. The summed E-state index contributed by atoms with van der Waals surface area (Å²) < 4.78 is 10.7. The van der Waals surface area contributed by atoms with Crippen molar-refractivity contribution in [3.63, 3.8) is 0 Å². The molecule has 0 saturated carbocycles. The zero-order valence-corrected chi connectivity index (χ0v) is 15.3. The molecule has 0 atom stereocenters. The Bertz CT molecular complexity index is 754. The lowest BCUT2D eigenvalue weighted by molar-refractivity contribution is 0.0527. The first-order valence-electron chi connectivity index (χ1n) is 8.53. The third kappa shape index (κ3) is 5.24. The van der Waals surface area contributed by atoms with Crippen LogP contribution in [0.5, 0.6) is 5.75 Å². The van der Waals surface area contributed by atoms with E-state index in [-0.39, 0.29) is 6.61 Å². The fourth-order valence-corrected chi connectivity index (χ4v) is 2.49. The molecule has 0 aliphatic rings. The summed E-state index contributed by atoms with van der Waals surface area (Å²) in [5, 5.41) is 5.38. The summed E-state index contributed by atoms with van der Waals surface area (Å²) in [5.41, 5.74) is 2.83. The van der Waals surface area contributed by atoms with Crippen molar-refractivity contribution >= 4 is 17.7 Å². The highest BCUT2D eigenvalue weighted by atomic mass is 16.5. The fraction of sp³-hybridized carbons (Fsp3) is 0.300. The summed E-state index contributed by atoms with van der Waals surface area (Å²) >= 11 is 0. The molecule has 0 aromatic heterocycles. The van der Waals surface area contributed by atoms with E-state index in [1.54, 1.807) is 31.2 Å². The van der Waals surface area contributed by atoms with Gasteiger partial charge < -0.3 is 20.1 Å². The van der Waals surface area contributed by atoms with Crippen molar-refractivity contribution < 1.29 is 19.1 Å². The zero-order valence-electron chi connectivity index (χ0n) is 15.3. The van der Waals surface area contributed by atoms with Crippen molar-refractivity contribution in [2.75, 3.05) is 25.1 Å². The maximum absolute atomic E-state index is 12.1. The molecule has 0 spiro atoms. The van der Waals surface area contributed by atoms with Crippen LogP contribution in [0.4, 0.5) is 10.5 Å². The van der Waals surface area contributed by atoms with Gasteiger partial charge in [0.15, 0.2) is 0 Å². The zero-order chi connectivity index (χ0) is 18.9. The van der Waals surface area contributed by atoms with Crippen molar-refractivity contribution in [2.24, 2.45) is 0 Å². The summed E-state index contributed by atoms with van der Waals surface area (Å²) in [6, 6.07) is 12.2. The minimum Gasteiger partial charge on any atom is -0.491 e. The van der Waals surface area contributed by atoms with E-state index in [0.717, 1.165) is 16.9 Å². The first kappa shape index (κ1) is 19.3. The van der Waals surface area contributed by atoms with Gasteiger partial charge in [0.05, 0.1) is 24.4 Å². The second kappa shape index (κ2) is 9.46. The van der Waals surface area contributed by atoms with Crippen LogP contribution >= 0.6 is 0 Å². The lowest BCUT2D eigenvalue weighted by atomic mass is 10.1. The number of esters is 1. The number of hydrogen-bond donors (Lipinski definition) is 2. The maximum atomic E-state index is 12.1. The summed E-state index contributed by atoms with van der Waals surface area (Å²) in [7, 11) is 0. The lowest BCUT2D eigenvalue weighted by Crippen LogP contribution is -2.32. The van der Waals surface area contributed by atoms with Gasteiger partial charge in [0, 0.05) is 0 Å². The number of carbonyl (C=O) groups is 2. The van der Waals surface area contributed by atoms with Gasteiger partial charge in [-0.05, 0) is 44.0 Å². The summed E-state index contributed by atoms with van der Waals surface area (Å²) in [6.07, 6.45) is 0. The van der Waals surface area contributed by atoms with Gasteiger partial charge in [0.2, 0.25) is 0 Å². The van der Waals surface area contributed by atoms with Crippen LogP contribution in [0.2, 0.25) is 0 Å². The highest BCUT2D eigenvalue weighted by molar-refractivity contribution is 6.00. The number of aryl methyl sites for hydroxylation is 2. The number of carbonyl (C=O) groups excluding carboxylic acids is 2. The van der Waals surface area contributed by atoms with E-state index < -0.39 is 12.0 Å². The predicted molar refractivity (Wildman–Crippen MR) is 101 cm³/mol. The Morgan fingerprint density at radius 2 is 1.69 bits per heavy atom. The first-order valence-corrected chi connectivity index (χ1v) is 8.53. The first-order chi connectivity index (χ1) is 12.5. The smallest absolute Gasteiger partial charge is 0.340 e. The maximum Gasteiger partial charge on any atom is 0.340 e. The molecule has 0 saturated heterocycles. The third-order valence-electron chi connectivity index (χ3n) is 3.71. The van der Waals surface area contributed by atoms with Gasteiger partial charge in [0.25, 0.3) is 0 Å². The van der Waals surface area contributed by atoms with Crippen LogP contribution in [0.1, 0.15) is 28.4 Å². The van der Waals surface area contributed by atoms with E-state index in [4.69, 9.17) is 9.47 Å². The Balaban J connectivity index is 1.85. The van der Waals surface area contributed by atoms with E-state index in [2.05, 4.69) is 10.6 Å². The van der Waals surface area contributed by atoms with Gasteiger partial charge in [-0.15, -0.1) is 0 Å². The Hall–Kier alpha value is -3.02. The van der Waals surface area contributed by atoms with Crippen molar-refractivity contribution in [1.29, 1.82) is 0 Å². The SMILES string of the molecule is CCOC(=O)c1ccccc1NC(=O)NCCOc1c(C)cccc1C. The molecule has 138 valence electrons. The fourth-order valence-electron chi connectivity index (χ4n) is 2.49. The number of rotatable bonds is 7. The minimum absolute atomic E-state index is 0.273. The summed E-state index contributed by atoms with van der Waals surface area (Å²) in [4.78, 5) is 24.0. The number of urea groups is 1. The Morgan fingerprint density at radius 3 is 2.38 bits per heavy atom. The van der Waals surface area contributed by atoms with Crippen molar-refractivity contribution in [1.82, 2.24) is 5.32 Å². The molecule has 2 aromatic rings. The van der Waals surface area contributed by atoms with Crippen LogP contribution in [0, 0.1) is 13.8 Å². The average molecular weight is 356 g/mol. The van der Waals surface area contributed by atoms with Gasteiger partial charge in [-0.3, -0.25) is 0 Å². The molecule has 0 unspecified atom stereocenters. The van der Waals surface area contributed by atoms with Crippen LogP contribution in [0.15, 0.2) is 42.5 Å². The predicted octanol–water partition coefficient (Wildman–Crippen LogP) is 3.68. The van der Waals surface area contributed by atoms with Gasteiger partial charge in [0.1, 0.15) is 12.4 Å². The molecular weight excluding hydrogens is 332 g/mol. The average Bonchev–Trinajstić information content (AvgIpc) is 2.61. The van der Waals surface area contributed by atoms with Gasteiger partial charge in [-0.1, -0.05) is 30.3 Å². The number of anilines is 1. The Kier molecular flexibility index (Phi) is 7.02. The number of para-hydroxylation sites is 2. The van der Waals surface area contributed by atoms with Crippen LogP contribution < -0.4 is 15.4 Å². The van der Waals surface area contributed by atoms with Gasteiger partial charge >= 0.3 is 12.0 Å². The number of amides is 2. The van der Waals surface area contributed by atoms with E-state index in [1.807, 2.05) is 32.0 Å². The molecule has 2 N–H and O–H groups in total. The molecule has 2 amide bonds. The quantitative estimate of drug-likeness (QED) is 0.586. The van der Waals surface area contributed by atoms with E-state index in [9.17, 15) is 9.59 Å². The number of benzene rings is 2. The Morgan fingerprint density at radius 1 is 1.00 bits per heavy atom. The molecule has 6 heteroatoms. The molecule has 26 heavy (non-hydrogen) atoms. The number of nitrogens with one attached hydrogen (secondary N) is 2. The van der Waals surface area contributed by atoms with Crippen molar-refractivity contribution in [3.8, 4) is 5.75 Å². The topological polar surface area (TPSA) is 76.7 Å². The second-order valence-corrected chi connectivity index (χ2v) is 5.72. The number of hydrogen-bond acceptors (Lipinski definition) is 4.